The summed E-state index contributed by atoms with van der Waals surface area (Å²) in [7, 11) is 2.78. The summed E-state index contributed by atoms with van der Waals surface area (Å²) in [6.45, 7) is 6.71. The van der Waals surface area contributed by atoms with E-state index in [1.165, 1.54) is 16.7 Å². The molecule has 0 aliphatic carbocycles. The van der Waals surface area contributed by atoms with E-state index < -0.39 is 0 Å². The summed E-state index contributed by atoms with van der Waals surface area (Å²) in [4.78, 5) is 0. The molecule has 0 N–H and O–H groups in total. The molecule has 0 aliphatic heterocycles. The van der Waals surface area contributed by atoms with Crippen LogP contribution in [0.1, 0.15) is 16.7 Å². The van der Waals surface area contributed by atoms with Gasteiger partial charge in [0.05, 0.1) is 0 Å². The second kappa shape index (κ2) is 9.36. The minimum absolute atomic E-state index is 0.0548. The van der Waals surface area contributed by atoms with Crippen molar-refractivity contribution >= 4 is 47.7 Å². The van der Waals surface area contributed by atoms with Crippen molar-refractivity contribution in [2.75, 3.05) is 0 Å². The van der Waals surface area contributed by atoms with Crippen molar-refractivity contribution in [3.8, 4) is 0 Å². The lowest BCUT2D eigenvalue weighted by Gasteiger charge is -2.21. The maximum absolute atomic E-state index is 2.33. The maximum atomic E-state index is 2.33. The molecule has 0 fully saturated rings. The normalized spacial score (nSPS) is 13.6. The maximum Gasteiger partial charge on any atom is -0.0192 e. The van der Waals surface area contributed by atoms with E-state index in [2.05, 4.69) is 93.6 Å². The zero-order chi connectivity index (χ0) is 17.6. The molecule has 0 heterocycles. The van der Waals surface area contributed by atoms with Gasteiger partial charge in [-0.2, -0.15) is 0 Å². The summed E-state index contributed by atoms with van der Waals surface area (Å²) in [5, 5.41) is 4.65. The highest BCUT2D eigenvalue weighted by Crippen LogP contribution is 2.79. The van der Waals surface area contributed by atoms with Gasteiger partial charge in [0.2, 0.25) is 0 Å². The van der Waals surface area contributed by atoms with Gasteiger partial charge in [0.25, 0.3) is 0 Å². The smallest absolute Gasteiger partial charge is 0.0192 e. The zero-order valence-corrected chi connectivity index (χ0v) is 18.8. The van der Waals surface area contributed by atoms with Crippen LogP contribution in [0.4, 0.5) is 0 Å². The van der Waals surface area contributed by atoms with Gasteiger partial charge in [-0.1, -0.05) is 97.6 Å². The molecule has 0 saturated carbocycles. The molecule has 0 radical (unpaired) electrons. The number of benzene rings is 3. The van der Waals surface area contributed by atoms with Gasteiger partial charge >= 0.3 is 0 Å². The van der Waals surface area contributed by atoms with E-state index in [-0.39, 0.29) is 6.99 Å². The van der Waals surface area contributed by atoms with Gasteiger partial charge in [-0.3, -0.25) is 0 Å². The van der Waals surface area contributed by atoms with E-state index in [0.717, 1.165) is 24.8 Å². The van der Waals surface area contributed by atoms with Gasteiger partial charge in [0.1, 0.15) is 0 Å². The van der Waals surface area contributed by atoms with Crippen LogP contribution >= 0.6 is 31.8 Å². The SMILES string of the molecule is Cc1ccccc1PP(Pc1ccccc1C)Pc1ccccc1C. The van der Waals surface area contributed by atoms with E-state index in [1.54, 1.807) is 15.9 Å². The first kappa shape index (κ1) is 19.2. The highest BCUT2D eigenvalue weighted by atomic mass is 32.7. The summed E-state index contributed by atoms with van der Waals surface area (Å²) >= 11 is 0. The highest BCUT2D eigenvalue weighted by molar-refractivity contribution is 8.77. The fraction of sp³-hybridized carbons (Fsp3) is 0.143. The molecule has 0 amide bonds. The first-order chi connectivity index (χ1) is 12.1. The molecular formula is C21H24P4. The molecule has 4 heteroatoms. The average Bonchev–Trinajstić information content (AvgIpc) is 2.61. The summed E-state index contributed by atoms with van der Waals surface area (Å²) < 4.78 is 0. The molecule has 0 saturated heterocycles. The van der Waals surface area contributed by atoms with Gasteiger partial charge in [-0.05, 0) is 60.4 Å². The van der Waals surface area contributed by atoms with E-state index in [9.17, 15) is 0 Å². The lowest BCUT2D eigenvalue weighted by Crippen LogP contribution is -2.01. The Morgan fingerprint density at radius 2 is 0.760 bits per heavy atom. The van der Waals surface area contributed by atoms with Crippen molar-refractivity contribution in [1.29, 1.82) is 0 Å². The fourth-order valence-electron chi connectivity index (χ4n) is 2.54. The molecule has 3 unspecified atom stereocenters. The van der Waals surface area contributed by atoms with Crippen molar-refractivity contribution in [3.05, 3.63) is 89.5 Å². The Bertz CT molecular complexity index is 732. The third kappa shape index (κ3) is 5.43. The second-order valence-electron chi connectivity index (χ2n) is 6.12. The minimum atomic E-state index is -0.0548. The second-order valence-corrected chi connectivity index (χ2v) is 19.1. The molecule has 0 bridgehead atoms. The molecule has 0 aliphatic rings. The number of aryl methyl sites for hydroxylation is 3. The Hall–Kier alpha value is -0.620. The van der Waals surface area contributed by atoms with E-state index >= 15 is 0 Å². The van der Waals surface area contributed by atoms with E-state index in [0.29, 0.717) is 0 Å². The molecule has 3 rings (SSSR count). The standard InChI is InChI=1S/C21H24P4/c1-16-10-4-7-13-19(16)22-25(23-20-14-8-5-11-17(20)2)24-21-15-9-6-12-18(21)3/h4-15,22-24H,1-3H3. The Morgan fingerprint density at radius 1 is 0.480 bits per heavy atom. The van der Waals surface area contributed by atoms with Gasteiger partial charge in [-0.15, -0.1) is 0 Å². The predicted molar refractivity (Wildman–Crippen MR) is 124 cm³/mol. The van der Waals surface area contributed by atoms with Crippen molar-refractivity contribution in [2.45, 2.75) is 20.8 Å². The largest absolute Gasteiger partial charge is 0.0620 e. The van der Waals surface area contributed by atoms with Crippen LogP contribution in [0.15, 0.2) is 72.8 Å². The van der Waals surface area contributed by atoms with Crippen LogP contribution < -0.4 is 15.9 Å². The average molecular weight is 400 g/mol. The predicted octanol–water partition coefficient (Wildman–Crippen LogP) is 6.15. The van der Waals surface area contributed by atoms with Crippen molar-refractivity contribution in [3.63, 3.8) is 0 Å². The molecular weight excluding hydrogens is 376 g/mol. The van der Waals surface area contributed by atoms with Gasteiger partial charge in [0, 0.05) is 0 Å². The van der Waals surface area contributed by atoms with Crippen LogP contribution in [0.25, 0.3) is 0 Å². The zero-order valence-electron chi connectivity index (χ0n) is 14.9. The van der Waals surface area contributed by atoms with Crippen LogP contribution in [0.5, 0.6) is 0 Å². The number of hydrogen-bond donors (Lipinski definition) is 0. The molecule has 0 aromatic heterocycles. The van der Waals surface area contributed by atoms with Gasteiger partial charge in [0.15, 0.2) is 0 Å². The van der Waals surface area contributed by atoms with Crippen molar-refractivity contribution < 1.29 is 0 Å². The summed E-state index contributed by atoms with van der Waals surface area (Å²) in [6, 6.07) is 26.8. The van der Waals surface area contributed by atoms with Gasteiger partial charge in [-0.25, -0.2) is 0 Å². The first-order valence-corrected chi connectivity index (χ1v) is 15.3. The summed E-state index contributed by atoms with van der Waals surface area (Å²) in [5.41, 5.74) is 4.33. The molecule has 0 spiro atoms. The molecule has 128 valence electrons. The third-order valence-corrected chi connectivity index (χ3v) is 17.4. The van der Waals surface area contributed by atoms with Crippen LogP contribution in [0, 0.1) is 20.8 Å². The summed E-state index contributed by atoms with van der Waals surface area (Å²) in [6.07, 6.45) is 0. The molecule has 3 atom stereocenters. The highest BCUT2D eigenvalue weighted by Gasteiger charge is 2.14. The topological polar surface area (TPSA) is 0 Å². The Balaban J connectivity index is 1.86. The molecule has 25 heavy (non-hydrogen) atoms. The lowest BCUT2D eigenvalue weighted by atomic mass is 10.2. The van der Waals surface area contributed by atoms with Crippen LogP contribution in [0.2, 0.25) is 0 Å². The monoisotopic (exact) mass is 400 g/mol. The fourth-order valence-corrected chi connectivity index (χ4v) is 17.7. The number of rotatable bonds is 6. The lowest BCUT2D eigenvalue weighted by molar-refractivity contribution is 1.52. The number of hydrogen-bond acceptors (Lipinski definition) is 0. The quantitative estimate of drug-likeness (QED) is 0.436. The minimum Gasteiger partial charge on any atom is -0.0620 e. The Kier molecular flexibility index (Phi) is 7.17. The third-order valence-electron chi connectivity index (χ3n) is 4.13. The molecule has 3 aromatic rings. The van der Waals surface area contributed by atoms with Crippen LogP contribution in [0.3, 0.4) is 0 Å². The molecule has 3 aromatic carbocycles. The van der Waals surface area contributed by atoms with E-state index in [4.69, 9.17) is 0 Å². The van der Waals surface area contributed by atoms with Crippen molar-refractivity contribution in [2.24, 2.45) is 0 Å². The van der Waals surface area contributed by atoms with Gasteiger partial charge < -0.3 is 0 Å². The summed E-state index contributed by atoms with van der Waals surface area (Å²) in [5.74, 6) is 0. The van der Waals surface area contributed by atoms with Crippen LogP contribution in [-0.4, -0.2) is 0 Å². The Morgan fingerprint density at radius 3 is 1.04 bits per heavy atom. The first-order valence-electron chi connectivity index (χ1n) is 8.40. The molecule has 0 nitrogen and oxygen atoms in total. The Labute approximate surface area is 158 Å². The van der Waals surface area contributed by atoms with Crippen molar-refractivity contribution in [1.82, 2.24) is 0 Å². The van der Waals surface area contributed by atoms with Crippen LogP contribution in [-0.2, 0) is 0 Å². The van der Waals surface area contributed by atoms with E-state index in [1.807, 2.05) is 0 Å².